The Morgan fingerprint density at radius 1 is 0.871 bits per heavy atom. The first-order valence-corrected chi connectivity index (χ1v) is 10.0. The molecule has 1 aliphatic rings. The molecular weight excluding hydrogens is 390 g/mol. The zero-order valence-corrected chi connectivity index (χ0v) is 17.1. The third kappa shape index (κ3) is 4.68. The molecule has 1 heterocycles. The maximum atomic E-state index is 12.3. The molecule has 1 atom stereocenters. The summed E-state index contributed by atoms with van der Waals surface area (Å²) >= 11 is 0. The van der Waals surface area contributed by atoms with Crippen molar-refractivity contribution in [3.63, 3.8) is 0 Å². The molecule has 3 N–H and O–H groups in total. The summed E-state index contributed by atoms with van der Waals surface area (Å²) in [7, 11) is 0. The van der Waals surface area contributed by atoms with Crippen molar-refractivity contribution in [2.45, 2.75) is 19.6 Å². The van der Waals surface area contributed by atoms with E-state index in [1.54, 1.807) is 6.92 Å². The number of ether oxygens (including phenoxy) is 1. The van der Waals surface area contributed by atoms with Crippen LogP contribution >= 0.6 is 0 Å². The smallest absolute Gasteiger partial charge is 0.290 e. The van der Waals surface area contributed by atoms with Gasteiger partial charge in [0.2, 0.25) is 5.76 Å². The number of rotatable bonds is 5. The molecule has 0 spiro atoms. The van der Waals surface area contributed by atoms with Gasteiger partial charge in [-0.05, 0) is 40.8 Å². The summed E-state index contributed by atoms with van der Waals surface area (Å²) < 4.78 is 5.26. The normalized spacial score (nSPS) is 15.8. The highest BCUT2D eigenvalue weighted by Gasteiger charge is 2.26. The average Bonchev–Trinajstić information content (AvgIpc) is 2.81. The molecule has 1 aliphatic heterocycles. The number of benzene rings is 3. The van der Waals surface area contributed by atoms with Crippen molar-refractivity contribution < 1.29 is 19.7 Å². The lowest BCUT2D eigenvalue weighted by Gasteiger charge is -2.19. The Morgan fingerprint density at radius 3 is 1.97 bits per heavy atom. The van der Waals surface area contributed by atoms with E-state index in [4.69, 9.17) is 4.74 Å². The van der Waals surface area contributed by atoms with Gasteiger partial charge >= 0.3 is 0 Å². The molecule has 0 aliphatic carbocycles. The summed E-state index contributed by atoms with van der Waals surface area (Å²) in [5.41, 5.74) is 5.44. The first-order valence-electron chi connectivity index (χ1n) is 10.0. The van der Waals surface area contributed by atoms with Crippen LogP contribution in [0.1, 0.15) is 12.5 Å². The minimum absolute atomic E-state index is 0.269. The largest absolute Gasteiger partial charge is 0.506 e. The summed E-state index contributed by atoms with van der Waals surface area (Å²) in [5, 5.41) is 22.3. The number of carbonyl (C=O) groups excluding carboxylic acids is 1. The minimum atomic E-state index is -1.23. The molecule has 1 amide bonds. The van der Waals surface area contributed by atoms with Crippen molar-refractivity contribution >= 4 is 5.91 Å². The maximum Gasteiger partial charge on any atom is 0.290 e. The zero-order valence-electron chi connectivity index (χ0n) is 17.1. The molecule has 0 saturated carbocycles. The fourth-order valence-corrected chi connectivity index (χ4v) is 3.41. The number of aliphatic hydroxyl groups is 2. The second-order valence-corrected chi connectivity index (χ2v) is 7.36. The van der Waals surface area contributed by atoms with Gasteiger partial charge in [0.25, 0.3) is 5.91 Å². The van der Waals surface area contributed by atoms with E-state index in [1.165, 1.54) is 17.2 Å². The molecule has 1 unspecified atom stereocenters. The van der Waals surface area contributed by atoms with E-state index < -0.39 is 17.8 Å². The van der Waals surface area contributed by atoms with Crippen LogP contribution < -0.4 is 5.32 Å². The number of nitrogens with one attached hydrogen (secondary N) is 1. The van der Waals surface area contributed by atoms with Gasteiger partial charge in [-0.25, -0.2) is 0 Å². The Kier molecular flexibility index (Phi) is 5.87. The number of allylic oxidation sites excluding steroid dienone is 1. The Morgan fingerprint density at radius 2 is 1.39 bits per heavy atom. The van der Waals surface area contributed by atoms with E-state index in [2.05, 4.69) is 41.7 Å². The summed E-state index contributed by atoms with van der Waals surface area (Å²) in [6, 6.07) is 26.5. The van der Waals surface area contributed by atoms with Gasteiger partial charge in [0.1, 0.15) is 11.9 Å². The van der Waals surface area contributed by atoms with Crippen LogP contribution in [0.2, 0.25) is 0 Å². The zero-order chi connectivity index (χ0) is 21.8. The predicted octanol–water partition coefficient (Wildman–Crippen LogP) is 4.70. The fourth-order valence-electron chi connectivity index (χ4n) is 3.41. The summed E-state index contributed by atoms with van der Waals surface area (Å²) in [4.78, 5) is 12.3. The average molecular weight is 413 g/mol. The van der Waals surface area contributed by atoms with Gasteiger partial charge in [-0.3, -0.25) is 4.79 Å². The minimum Gasteiger partial charge on any atom is -0.506 e. The molecule has 0 bridgehead atoms. The van der Waals surface area contributed by atoms with Crippen LogP contribution in [0, 0.1) is 0 Å². The molecule has 3 aromatic rings. The van der Waals surface area contributed by atoms with E-state index >= 15 is 0 Å². The van der Waals surface area contributed by atoms with Gasteiger partial charge in [-0.15, -0.1) is 0 Å². The number of amides is 1. The third-order valence-electron chi connectivity index (χ3n) is 5.11. The Bertz CT molecular complexity index is 1130. The molecule has 3 aromatic carbocycles. The summed E-state index contributed by atoms with van der Waals surface area (Å²) in [5.74, 6) is -0.984. The number of hydrogen-bond donors (Lipinski definition) is 3. The molecule has 0 saturated heterocycles. The lowest BCUT2D eigenvalue weighted by atomic mass is 9.99. The quantitative estimate of drug-likeness (QED) is 0.566. The Hall–Kier alpha value is -3.83. The van der Waals surface area contributed by atoms with Gasteiger partial charge in [0.05, 0.1) is 0 Å². The van der Waals surface area contributed by atoms with Gasteiger partial charge in [0.15, 0.2) is 5.76 Å². The molecular formula is C26H23NO4. The van der Waals surface area contributed by atoms with E-state index in [1.807, 2.05) is 42.5 Å². The Labute approximate surface area is 180 Å². The maximum absolute atomic E-state index is 12.3. The third-order valence-corrected chi connectivity index (χ3v) is 5.11. The number of aliphatic hydroxyl groups excluding tert-OH is 2. The van der Waals surface area contributed by atoms with Crippen LogP contribution in [-0.4, -0.2) is 22.2 Å². The molecule has 5 heteroatoms. The van der Waals surface area contributed by atoms with E-state index in [0.29, 0.717) is 5.76 Å². The number of carbonyl (C=O) groups is 1. The standard InChI is InChI=1S/C26H23NO4/c1-17-15-23(28)24(29)25(31-17)26(30)27-16-18-7-9-20(10-8-18)22-13-11-21(12-14-22)19-5-3-2-4-6-19/h2-15,23,28-29H,16H2,1H3,(H,27,30). The van der Waals surface area contributed by atoms with Crippen molar-refractivity contribution in [3.8, 4) is 22.3 Å². The molecule has 0 radical (unpaired) electrons. The van der Waals surface area contributed by atoms with Crippen molar-refractivity contribution in [2.24, 2.45) is 0 Å². The lowest BCUT2D eigenvalue weighted by molar-refractivity contribution is -0.121. The molecule has 4 rings (SSSR count). The summed E-state index contributed by atoms with van der Waals surface area (Å²) in [6.07, 6.45) is 0.0964. The monoisotopic (exact) mass is 413 g/mol. The first kappa shape index (κ1) is 20.4. The van der Waals surface area contributed by atoms with Crippen molar-refractivity contribution in [3.05, 3.63) is 108 Å². The van der Waals surface area contributed by atoms with Crippen LogP contribution in [0.5, 0.6) is 0 Å². The van der Waals surface area contributed by atoms with Crippen LogP contribution in [-0.2, 0) is 16.1 Å². The van der Waals surface area contributed by atoms with Crippen LogP contribution in [0.15, 0.2) is 102 Å². The molecule has 0 aromatic heterocycles. The van der Waals surface area contributed by atoms with Crippen LogP contribution in [0.4, 0.5) is 0 Å². The van der Waals surface area contributed by atoms with Crippen molar-refractivity contribution in [1.29, 1.82) is 0 Å². The van der Waals surface area contributed by atoms with Gasteiger partial charge in [-0.1, -0.05) is 78.9 Å². The highest BCUT2D eigenvalue weighted by atomic mass is 16.5. The first-order chi connectivity index (χ1) is 15.0. The van der Waals surface area contributed by atoms with Crippen LogP contribution in [0.25, 0.3) is 22.3 Å². The van der Waals surface area contributed by atoms with Crippen molar-refractivity contribution in [2.75, 3.05) is 0 Å². The van der Waals surface area contributed by atoms with Gasteiger partial charge in [-0.2, -0.15) is 0 Å². The van der Waals surface area contributed by atoms with Gasteiger partial charge in [0, 0.05) is 6.54 Å². The van der Waals surface area contributed by atoms with Crippen molar-refractivity contribution in [1.82, 2.24) is 5.32 Å². The van der Waals surface area contributed by atoms with E-state index in [-0.39, 0.29) is 12.3 Å². The lowest BCUT2D eigenvalue weighted by Crippen LogP contribution is -2.30. The molecule has 5 nitrogen and oxygen atoms in total. The Balaban J connectivity index is 1.40. The van der Waals surface area contributed by atoms with E-state index in [9.17, 15) is 15.0 Å². The molecule has 0 fully saturated rings. The summed E-state index contributed by atoms with van der Waals surface area (Å²) in [6.45, 7) is 1.87. The molecule has 31 heavy (non-hydrogen) atoms. The molecule has 156 valence electrons. The SMILES string of the molecule is CC1=CC(O)C(O)=C(C(=O)NCc2ccc(-c3ccc(-c4ccccc4)cc3)cc2)O1. The van der Waals surface area contributed by atoms with E-state index in [0.717, 1.165) is 16.7 Å². The number of hydrogen-bond acceptors (Lipinski definition) is 4. The fraction of sp³-hybridized carbons (Fsp3) is 0.115. The predicted molar refractivity (Wildman–Crippen MR) is 120 cm³/mol. The highest BCUT2D eigenvalue weighted by Crippen LogP contribution is 2.25. The van der Waals surface area contributed by atoms with Gasteiger partial charge < -0.3 is 20.3 Å². The second kappa shape index (κ2) is 8.90. The second-order valence-electron chi connectivity index (χ2n) is 7.36. The van der Waals surface area contributed by atoms with Crippen LogP contribution in [0.3, 0.4) is 0 Å². The topological polar surface area (TPSA) is 78.8 Å². The highest BCUT2D eigenvalue weighted by molar-refractivity contribution is 5.92.